The fraction of sp³-hybridized carbons (Fsp3) is 0.407. The lowest BCUT2D eigenvalue weighted by Crippen LogP contribution is -2.49. The molecule has 7 nitrogen and oxygen atoms in total. The van der Waals surface area contributed by atoms with E-state index >= 15 is 0 Å². The summed E-state index contributed by atoms with van der Waals surface area (Å²) in [4.78, 5) is 15.2. The Balaban J connectivity index is 1.34. The number of aromatic nitrogens is 2. The number of nitrogens with zero attached hydrogens (tertiary/aromatic N) is 3. The van der Waals surface area contributed by atoms with Crippen molar-refractivity contribution in [2.45, 2.75) is 32.3 Å². The van der Waals surface area contributed by atoms with Crippen molar-refractivity contribution in [3.8, 4) is 28.5 Å². The molecule has 1 saturated heterocycles. The molecule has 178 valence electrons. The highest BCUT2D eigenvalue weighted by Gasteiger charge is 2.45. The number of aryl methyl sites for hydroxylation is 1. The number of carbonyl (C=O) groups excluding carboxylic acids is 1. The maximum Gasteiger partial charge on any atom is 0.253 e. The van der Waals surface area contributed by atoms with E-state index in [9.17, 15) is 4.79 Å². The highest BCUT2D eigenvalue weighted by molar-refractivity contribution is 5.95. The minimum Gasteiger partial charge on any atom is -0.493 e. The quantitative estimate of drug-likeness (QED) is 0.553. The van der Waals surface area contributed by atoms with Gasteiger partial charge in [-0.2, -0.15) is 5.10 Å². The lowest BCUT2D eigenvalue weighted by atomic mass is 9.81. The Morgan fingerprint density at radius 3 is 2.65 bits per heavy atom. The van der Waals surface area contributed by atoms with E-state index in [1.54, 1.807) is 13.2 Å². The van der Waals surface area contributed by atoms with Crippen LogP contribution in [-0.2, 0) is 12.6 Å². The van der Waals surface area contributed by atoms with Crippen molar-refractivity contribution in [1.82, 2.24) is 14.7 Å². The van der Waals surface area contributed by atoms with E-state index in [0.29, 0.717) is 55.5 Å². The normalized spacial score (nSPS) is 16.1. The number of ether oxygens (including phenoxy) is 3. The lowest BCUT2D eigenvalue weighted by Gasteiger charge is -2.44. The molecule has 0 saturated carbocycles. The van der Waals surface area contributed by atoms with Crippen LogP contribution >= 0.6 is 0 Å². The Kier molecular flexibility index (Phi) is 5.71. The summed E-state index contributed by atoms with van der Waals surface area (Å²) in [6.45, 7) is 5.98. The summed E-state index contributed by atoms with van der Waals surface area (Å²) in [5.74, 6) is 2.50. The molecule has 3 heterocycles. The van der Waals surface area contributed by atoms with Gasteiger partial charge >= 0.3 is 0 Å². The van der Waals surface area contributed by atoms with Gasteiger partial charge in [0.25, 0.3) is 5.91 Å². The van der Waals surface area contributed by atoms with Gasteiger partial charge in [-0.05, 0) is 36.2 Å². The van der Waals surface area contributed by atoms with E-state index in [-0.39, 0.29) is 5.91 Å². The van der Waals surface area contributed by atoms with Gasteiger partial charge in [0.2, 0.25) is 0 Å². The number of hydrogen-bond donors (Lipinski definition) is 0. The minimum atomic E-state index is -0.471. The summed E-state index contributed by atoms with van der Waals surface area (Å²) in [6.07, 6.45) is 3.33. The molecule has 1 amide bonds. The zero-order chi connectivity index (χ0) is 23.9. The van der Waals surface area contributed by atoms with Gasteiger partial charge in [0.15, 0.2) is 11.5 Å². The van der Waals surface area contributed by atoms with Crippen LogP contribution in [0.5, 0.6) is 17.2 Å². The number of carbonyl (C=O) groups is 1. The van der Waals surface area contributed by atoms with Gasteiger partial charge in [-0.3, -0.25) is 9.48 Å². The summed E-state index contributed by atoms with van der Waals surface area (Å²) >= 11 is 0. The van der Waals surface area contributed by atoms with E-state index < -0.39 is 5.60 Å². The molecule has 0 atom stereocenters. The summed E-state index contributed by atoms with van der Waals surface area (Å²) in [6, 6.07) is 13.5. The molecule has 1 fully saturated rings. The first kappa shape index (κ1) is 22.3. The Hall–Kier alpha value is -3.48. The van der Waals surface area contributed by atoms with Crippen LogP contribution in [0.1, 0.15) is 42.6 Å². The maximum atomic E-state index is 13.3. The van der Waals surface area contributed by atoms with E-state index in [2.05, 4.69) is 25.0 Å². The molecular formula is C27H31N3O4. The number of piperidine rings is 1. The summed E-state index contributed by atoms with van der Waals surface area (Å²) in [7, 11) is 3.56. The second kappa shape index (κ2) is 8.70. The van der Waals surface area contributed by atoms with Gasteiger partial charge in [0, 0.05) is 49.7 Å². The fourth-order valence-corrected chi connectivity index (χ4v) is 4.91. The summed E-state index contributed by atoms with van der Waals surface area (Å²) in [5.41, 5.74) is 3.40. The molecule has 0 radical (unpaired) electrons. The van der Waals surface area contributed by atoms with E-state index in [4.69, 9.17) is 14.2 Å². The monoisotopic (exact) mass is 461 g/mol. The SMILES string of the molecule is COc1cc(C(=O)N2CCC3(CC2)Oc2ccccc2-c2c3cnn2C)ccc1OCC(C)C. The summed E-state index contributed by atoms with van der Waals surface area (Å²) in [5, 5.41) is 4.53. The van der Waals surface area contributed by atoms with Gasteiger partial charge in [-0.25, -0.2) is 0 Å². The molecule has 1 spiro atoms. The van der Waals surface area contributed by atoms with Crippen LogP contribution in [0.2, 0.25) is 0 Å². The van der Waals surface area contributed by atoms with Gasteiger partial charge in [-0.1, -0.05) is 26.0 Å². The Morgan fingerprint density at radius 1 is 1.15 bits per heavy atom. The van der Waals surface area contributed by atoms with Gasteiger partial charge in [0.1, 0.15) is 11.4 Å². The maximum absolute atomic E-state index is 13.3. The van der Waals surface area contributed by atoms with Crippen molar-refractivity contribution in [3.63, 3.8) is 0 Å². The highest BCUT2D eigenvalue weighted by Crippen LogP contribution is 2.49. The largest absolute Gasteiger partial charge is 0.493 e. The number of hydrogen-bond acceptors (Lipinski definition) is 5. The van der Waals surface area contributed by atoms with E-state index in [1.807, 2.05) is 53.2 Å². The minimum absolute atomic E-state index is 0.00817. The van der Waals surface area contributed by atoms with Crippen LogP contribution < -0.4 is 14.2 Å². The first-order valence-corrected chi connectivity index (χ1v) is 11.8. The lowest BCUT2D eigenvalue weighted by molar-refractivity contribution is -0.00173. The second-order valence-corrected chi connectivity index (χ2v) is 9.49. The molecule has 0 unspecified atom stereocenters. The number of methoxy groups -OCH3 is 1. The molecular weight excluding hydrogens is 430 g/mol. The number of benzene rings is 2. The van der Waals surface area contributed by atoms with Crippen molar-refractivity contribution in [2.75, 3.05) is 26.8 Å². The van der Waals surface area contributed by atoms with Crippen LogP contribution in [0.15, 0.2) is 48.7 Å². The Morgan fingerprint density at radius 2 is 1.91 bits per heavy atom. The van der Waals surface area contributed by atoms with Crippen molar-refractivity contribution < 1.29 is 19.0 Å². The molecule has 2 aliphatic rings. The van der Waals surface area contributed by atoms with Gasteiger partial charge < -0.3 is 19.1 Å². The topological polar surface area (TPSA) is 65.8 Å². The van der Waals surface area contributed by atoms with E-state index in [1.165, 1.54) is 0 Å². The van der Waals surface area contributed by atoms with Crippen molar-refractivity contribution in [2.24, 2.45) is 13.0 Å². The third-order valence-corrected chi connectivity index (χ3v) is 6.72. The molecule has 1 aromatic heterocycles. The molecule has 2 aliphatic heterocycles. The number of rotatable bonds is 5. The number of fused-ring (bicyclic) bond motifs is 4. The fourth-order valence-electron chi connectivity index (χ4n) is 4.91. The third-order valence-electron chi connectivity index (χ3n) is 6.72. The average Bonchev–Trinajstić information content (AvgIpc) is 3.25. The number of amides is 1. The van der Waals surface area contributed by atoms with Crippen LogP contribution in [0.3, 0.4) is 0 Å². The zero-order valence-electron chi connectivity index (χ0n) is 20.2. The van der Waals surface area contributed by atoms with Crippen LogP contribution in [0.25, 0.3) is 11.3 Å². The second-order valence-electron chi connectivity index (χ2n) is 9.49. The predicted octanol–water partition coefficient (Wildman–Crippen LogP) is 4.65. The molecule has 7 heteroatoms. The van der Waals surface area contributed by atoms with Gasteiger partial charge in [-0.15, -0.1) is 0 Å². The zero-order valence-corrected chi connectivity index (χ0v) is 20.2. The molecule has 0 aliphatic carbocycles. The number of likely N-dealkylation sites (tertiary alicyclic amines) is 1. The summed E-state index contributed by atoms with van der Waals surface area (Å²) < 4.78 is 19.9. The highest BCUT2D eigenvalue weighted by atomic mass is 16.5. The Bertz CT molecular complexity index is 1210. The molecule has 2 aromatic carbocycles. The molecule has 3 aromatic rings. The van der Waals surface area contributed by atoms with E-state index in [0.717, 1.165) is 22.6 Å². The predicted molar refractivity (Wildman–Crippen MR) is 129 cm³/mol. The van der Waals surface area contributed by atoms with Crippen LogP contribution in [0.4, 0.5) is 0 Å². The smallest absolute Gasteiger partial charge is 0.253 e. The van der Waals surface area contributed by atoms with Crippen molar-refractivity contribution in [3.05, 3.63) is 59.8 Å². The average molecular weight is 462 g/mol. The Labute approximate surface area is 200 Å². The molecule has 5 rings (SSSR count). The van der Waals surface area contributed by atoms with Crippen molar-refractivity contribution >= 4 is 5.91 Å². The first-order valence-electron chi connectivity index (χ1n) is 11.8. The first-order chi connectivity index (χ1) is 16.4. The third kappa shape index (κ3) is 3.79. The number of para-hydroxylation sites is 1. The molecule has 0 bridgehead atoms. The standard InChI is InChI=1S/C27H31N3O4/c1-18(2)17-33-23-10-9-19(15-24(23)32-4)26(31)30-13-11-27(12-14-30)21-16-28-29(3)25(21)20-7-5-6-8-22(20)34-27/h5-10,15-16,18H,11-14,17H2,1-4H3. The molecule has 0 N–H and O–H groups in total. The molecule has 34 heavy (non-hydrogen) atoms. The van der Waals surface area contributed by atoms with Crippen molar-refractivity contribution in [1.29, 1.82) is 0 Å². The van der Waals surface area contributed by atoms with Crippen LogP contribution in [-0.4, -0.2) is 47.4 Å². The van der Waals surface area contributed by atoms with Crippen LogP contribution in [0, 0.1) is 5.92 Å². The van der Waals surface area contributed by atoms with Gasteiger partial charge in [0.05, 0.1) is 25.6 Å².